The number of likely N-dealkylation sites (tertiary alicyclic amines) is 1. The van der Waals surface area contributed by atoms with E-state index in [0.717, 1.165) is 69.5 Å². The van der Waals surface area contributed by atoms with Crippen LogP contribution in [0.1, 0.15) is 119 Å². The van der Waals surface area contributed by atoms with Crippen molar-refractivity contribution in [3.8, 4) is 11.8 Å². The predicted molar refractivity (Wildman–Crippen MR) is 173 cm³/mol. The van der Waals surface area contributed by atoms with E-state index in [1.54, 1.807) is 19.2 Å². The first-order chi connectivity index (χ1) is 20.0. The summed E-state index contributed by atoms with van der Waals surface area (Å²) in [6.45, 7) is 4.96. The molecular weight excluding hydrogens is 547 g/mol. The van der Waals surface area contributed by atoms with Crippen LogP contribution < -0.4 is 4.74 Å². The Bertz CT molecular complexity index is 1080. The number of rotatable bonds is 19. The molecule has 0 amide bonds. The van der Waals surface area contributed by atoms with Gasteiger partial charge in [0.15, 0.2) is 5.78 Å². The number of methoxy groups -OCH3 is 1. The van der Waals surface area contributed by atoms with Crippen molar-refractivity contribution in [1.29, 1.82) is 5.26 Å². The average Bonchev–Trinajstić information content (AvgIpc) is 3.01. The Labute approximate surface area is 260 Å². The minimum absolute atomic E-state index is 0. The maximum absolute atomic E-state index is 13.2. The molecule has 42 heavy (non-hydrogen) atoms. The molecule has 0 saturated carbocycles. The van der Waals surface area contributed by atoms with E-state index in [4.69, 9.17) is 4.74 Å². The number of halogens is 2. The van der Waals surface area contributed by atoms with E-state index in [0.29, 0.717) is 5.56 Å². The standard InChI is InChI=1S/C36H51FN2O2.ClH/c1-3-4-5-6-7-8-9-10-11-12-23-36(29-38,32-15-13-16-34(28-32)41-2)24-14-25-39-26-21-31(22-27-39)35(40)30-17-19-33(37)20-18-30;/h13,15-20,28,31H,3-12,14,21-27H2,1-2H3;1H. The zero-order valence-electron chi connectivity index (χ0n) is 25.9. The molecule has 232 valence electrons. The van der Waals surface area contributed by atoms with Crippen molar-refractivity contribution in [2.24, 2.45) is 5.92 Å². The Morgan fingerprint density at radius 3 is 2.12 bits per heavy atom. The molecule has 0 aliphatic carbocycles. The summed E-state index contributed by atoms with van der Waals surface area (Å²) in [5.41, 5.74) is 1.17. The lowest BCUT2D eigenvalue weighted by Crippen LogP contribution is -2.37. The Hall–Kier alpha value is -2.42. The number of hydrogen-bond acceptors (Lipinski definition) is 4. The number of carbonyl (C=O) groups is 1. The largest absolute Gasteiger partial charge is 0.497 e. The fourth-order valence-electron chi connectivity index (χ4n) is 6.30. The van der Waals surface area contributed by atoms with E-state index >= 15 is 0 Å². The molecule has 1 aliphatic rings. The second-order valence-electron chi connectivity index (χ2n) is 11.9. The molecule has 1 fully saturated rings. The minimum atomic E-state index is -0.508. The van der Waals surface area contributed by atoms with E-state index < -0.39 is 5.41 Å². The van der Waals surface area contributed by atoms with Gasteiger partial charge in [-0.3, -0.25) is 4.79 Å². The lowest BCUT2D eigenvalue weighted by atomic mass is 9.74. The number of nitriles is 1. The Morgan fingerprint density at radius 2 is 1.52 bits per heavy atom. The lowest BCUT2D eigenvalue weighted by molar-refractivity contribution is 0.0838. The van der Waals surface area contributed by atoms with E-state index in [2.05, 4.69) is 24.0 Å². The van der Waals surface area contributed by atoms with E-state index in [9.17, 15) is 14.4 Å². The van der Waals surface area contributed by atoms with Crippen molar-refractivity contribution in [3.05, 3.63) is 65.5 Å². The normalized spacial score (nSPS) is 15.4. The van der Waals surface area contributed by atoms with Crippen LogP contribution in [0.5, 0.6) is 5.75 Å². The van der Waals surface area contributed by atoms with Crippen LogP contribution in [0, 0.1) is 23.1 Å². The SMILES string of the molecule is CCCCCCCCCCCCC(C#N)(CCCN1CCC(C(=O)c2ccc(F)cc2)CC1)c1cccc(OC)c1.Cl. The van der Waals surface area contributed by atoms with Crippen molar-refractivity contribution in [2.45, 2.75) is 109 Å². The topological polar surface area (TPSA) is 53.3 Å². The third-order valence-electron chi connectivity index (χ3n) is 8.96. The highest BCUT2D eigenvalue weighted by Crippen LogP contribution is 2.36. The molecule has 1 saturated heterocycles. The van der Waals surface area contributed by atoms with E-state index in [1.165, 1.54) is 69.9 Å². The van der Waals surface area contributed by atoms with Crippen LogP contribution in [0.2, 0.25) is 0 Å². The number of benzene rings is 2. The van der Waals surface area contributed by atoms with Crippen LogP contribution in [-0.2, 0) is 5.41 Å². The van der Waals surface area contributed by atoms with Gasteiger partial charge in [-0.15, -0.1) is 12.4 Å². The van der Waals surface area contributed by atoms with Crippen molar-refractivity contribution in [1.82, 2.24) is 4.90 Å². The molecule has 1 heterocycles. The highest BCUT2D eigenvalue weighted by atomic mass is 35.5. The third kappa shape index (κ3) is 11.3. The molecule has 6 heteroatoms. The molecule has 1 aliphatic heterocycles. The van der Waals surface area contributed by atoms with Crippen molar-refractivity contribution >= 4 is 18.2 Å². The molecule has 3 rings (SSSR count). The molecule has 0 N–H and O–H groups in total. The summed E-state index contributed by atoms with van der Waals surface area (Å²) in [5, 5.41) is 10.5. The number of carbonyl (C=O) groups excluding carboxylic acids is 1. The molecule has 0 spiro atoms. The fourth-order valence-corrected chi connectivity index (χ4v) is 6.30. The van der Waals surface area contributed by atoms with E-state index in [-0.39, 0.29) is 29.9 Å². The van der Waals surface area contributed by atoms with Gasteiger partial charge < -0.3 is 9.64 Å². The molecule has 1 unspecified atom stereocenters. The predicted octanol–water partition coefficient (Wildman–Crippen LogP) is 9.70. The first kappa shape index (κ1) is 35.8. The van der Waals surface area contributed by atoms with Gasteiger partial charge in [0.25, 0.3) is 0 Å². The van der Waals surface area contributed by atoms with Gasteiger partial charge in [0.05, 0.1) is 18.6 Å². The summed E-state index contributed by atoms with van der Waals surface area (Å²) < 4.78 is 18.8. The van der Waals surface area contributed by atoms with Crippen LogP contribution in [-0.4, -0.2) is 37.4 Å². The van der Waals surface area contributed by atoms with Gasteiger partial charge in [0.1, 0.15) is 11.6 Å². The van der Waals surface area contributed by atoms with Crippen LogP contribution >= 0.6 is 12.4 Å². The average molecular weight is 599 g/mol. The van der Waals surface area contributed by atoms with Crippen LogP contribution in [0.25, 0.3) is 0 Å². The zero-order chi connectivity index (χ0) is 29.3. The first-order valence-electron chi connectivity index (χ1n) is 16.1. The van der Waals surface area contributed by atoms with Gasteiger partial charge in [-0.1, -0.05) is 83.3 Å². The highest BCUT2D eigenvalue weighted by molar-refractivity contribution is 5.97. The number of hydrogen-bond donors (Lipinski definition) is 0. The molecule has 0 aromatic heterocycles. The summed E-state index contributed by atoms with van der Waals surface area (Å²) >= 11 is 0. The fraction of sp³-hybridized carbons (Fsp3) is 0.611. The molecule has 2 aromatic rings. The van der Waals surface area contributed by atoms with Gasteiger partial charge in [0.2, 0.25) is 0 Å². The second-order valence-corrected chi connectivity index (χ2v) is 11.9. The molecular formula is C36H52ClFN2O2. The van der Waals surface area contributed by atoms with Crippen molar-refractivity contribution in [3.63, 3.8) is 0 Å². The second kappa shape index (κ2) is 19.7. The number of ketones is 1. The summed E-state index contributed by atoms with van der Waals surface area (Å²) in [7, 11) is 1.68. The van der Waals surface area contributed by atoms with Crippen LogP contribution in [0.4, 0.5) is 4.39 Å². The summed E-state index contributed by atoms with van der Waals surface area (Å²) in [5.74, 6) is 0.621. The lowest BCUT2D eigenvalue weighted by Gasteiger charge is -2.33. The number of unbranched alkanes of at least 4 members (excludes halogenated alkanes) is 9. The Morgan fingerprint density at radius 1 is 0.929 bits per heavy atom. The molecule has 0 radical (unpaired) electrons. The summed E-state index contributed by atoms with van der Waals surface area (Å²) in [6, 6.07) is 16.8. The maximum Gasteiger partial charge on any atom is 0.166 e. The van der Waals surface area contributed by atoms with Crippen LogP contribution in [0.15, 0.2) is 48.5 Å². The number of ether oxygens (including phenoxy) is 1. The maximum atomic E-state index is 13.2. The van der Waals surface area contributed by atoms with Gasteiger partial charge in [-0.05, 0) is 93.7 Å². The Kier molecular flexibility index (Phi) is 16.8. The summed E-state index contributed by atoms with van der Waals surface area (Å²) in [6.07, 6.45) is 17.2. The van der Waals surface area contributed by atoms with Crippen molar-refractivity contribution in [2.75, 3.05) is 26.7 Å². The van der Waals surface area contributed by atoms with Crippen molar-refractivity contribution < 1.29 is 13.9 Å². The first-order valence-corrected chi connectivity index (χ1v) is 16.1. The third-order valence-corrected chi connectivity index (χ3v) is 8.96. The van der Waals surface area contributed by atoms with Gasteiger partial charge in [-0.2, -0.15) is 5.26 Å². The molecule has 1 atom stereocenters. The number of nitrogens with zero attached hydrogens (tertiary/aromatic N) is 2. The minimum Gasteiger partial charge on any atom is -0.497 e. The summed E-state index contributed by atoms with van der Waals surface area (Å²) in [4.78, 5) is 15.3. The molecule has 4 nitrogen and oxygen atoms in total. The smallest absolute Gasteiger partial charge is 0.166 e. The number of Topliss-reactive ketones (excluding diaryl/α,β-unsaturated/α-hetero) is 1. The quantitative estimate of drug-likeness (QED) is 0.119. The van der Waals surface area contributed by atoms with Gasteiger partial charge >= 0.3 is 0 Å². The number of piperidine rings is 1. The zero-order valence-corrected chi connectivity index (χ0v) is 26.7. The van der Waals surface area contributed by atoms with E-state index in [1.807, 2.05) is 18.2 Å². The molecule has 2 aromatic carbocycles. The monoisotopic (exact) mass is 598 g/mol. The molecule has 0 bridgehead atoms. The highest BCUT2D eigenvalue weighted by Gasteiger charge is 2.33. The van der Waals surface area contributed by atoms with Gasteiger partial charge in [-0.25, -0.2) is 4.39 Å². The Balaban J connectivity index is 0.00000616. The van der Waals surface area contributed by atoms with Crippen LogP contribution in [0.3, 0.4) is 0 Å². The van der Waals surface area contributed by atoms with Gasteiger partial charge in [0, 0.05) is 11.5 Å².